The van der Waals surface area contributed by atoms with Crippen LogP contribution in [0, 0.1) is 0 Å². The summed E-state index contributed by atoms with van der Waals surface area (Å²) in [4.78, 5) is 2.54. The van der Waals surface area contributed by atoms with Crippen molar-refractivity contribution in [3.63, 3.8) is 0 Å². The van der Waals surface area contributed by atoms with Gasteiger partial charge in [-0.15, -0.1) is 0 Å². The summed E-state index contributed by atoms with van der Waals surface area (Å²) in [5.41, 5.74) is 1.34. The minimum atomic E-state index is 0.637. The van der Waals surface area contributed by atoms with Crippen molar-refractivity contribution < 1.29 is 4.74 Å². The van der Waals surface area contributed by atoms with Crippen LogP contribution in [0.2, 0.25) is 0 Å². The van der Waals surface area contributed by atoms with Gasteiger partial charge in [0.05, 0.1) is 7.11 Å². The summed E-state index contributed by atoms with van der Waals surface area (Å²) in [6.07, 6.45) is 2.44. The number of nitrogens with one attached hydrogen (secondary N) is 1. The van der Waals surface area contributed by atoms with Gasteiger partial charge in [-0.25, -0.2) is 0 Å². The predicted molar refractivity (Wildman–Crippen MR) is 75.0 cm³/mol. The Morgan fingerprint density at radius 3 is 3.11 bits per heavy atom. The van der Waals surface area contributed by atoms with Crippen LogP contribution in [0.3, 0.4) is 0 Å². The molecule has 0 amide bonds. The molecular formula is C15H24N2O. The molecule has 0 bridgehead atoms. The zero-order valence-electron chi connectivity index (χ0n) is 11.5. The third-order valence-electron chi connectivity index (χ3n) is 3.60. The van der Waals surface area contributed by atoms with Gasteiger partial charge in [0.25, 0.3) is 0 Å². The Morgan fingerprint density at radius 2 is 2.33 bits per heavy atom. The summed E-state index contributed by atoms with van der Waals surface area (Å²) < 4.78 is 5.28. The summed E-state index contributed by atoms with van der Waals surface area (Å²) in [6, 6.07) is 9.03. The zero-order chi connectivity index (χ0) is 12.8. The Balaban J connectivity index is 1.98. The Kier molecular flexibility index (Phi) is 5.02. The topological polar surface area (TPSA) is 24.5 Å². The summed E-state index contributed by atoms with van der Waals surface area (Å²) in [7, 11) is 1.72. The maximum Gasteiger partial charge on any atom is 0.119 e. The zero-order valence-corrected chi connectivity index (χ0v) is 11.5. The molecular weight excluding hydrogens is 224 g/mol. The maximum absolute atomic E-state index is 5.28. The van der Waals surface area contributed by atoms with Crippen molar-refractivity contribution in [2.24, 2.45) is 0 Å². The van der Waals surface area contributed by atoms with Gasteiger partial charge in [0.2, 0.25) is 0 Å². The quantitative estimate of drug-likeness (QED) is 0.884. The Hall–Kier alpha value is -1.06. The predicted octanol–water partition coefficient (Wildman–Crippen LogP) is 2.27. The van der Waals surface area contributed by atoms with E-state index in [1.807, 2.05) is 6.07 Å². The molecule has 0 saturated carbocycles. The second-order valence-electron chi connectivity index (χ2n) is 5.00. The fourth-order valence-corrected chi connectivity index (χ4v) is 2.52. The molecule has 1 unspecified atom stereocenters. The first kappa shape index (κ1) is 13.4. The van der Waals surface area contributed by atoms with Crippen molar-refractivity contribution in [2.75, 3.05) is 26.7 Å². The monoisotopic (exact) mass is 248 g/mol. The number of methoxy groups -OCH3 is 1. The van der Waals surface area contributed by atoms with Crippen LogP contribution in [0.5, 0.6) is 5.75 Å². The van der Waals surface area contributed by atoms with Gasteiger partial charge in [-0.1, -0.05) is 19.1 Å². The first-order valence-electron chi connectivity index (χ1n) is 6.90. The van der Waals surface area contributed by atoms with Gasteiger partial charge in [-0.2, -0.15) is 0 Å². The Bertz CT molecular complexity index is 367. The lowest BCUT2D eigenvalue weighted by atomic mass is 10.1. The van der Waals surface area contributed by atoms with Crippen molar-refractivity contribution in [1.82, 2.24) is 10.2 Å². The number of rotatable bonds is 4. The lowest BCUT2D eigenvalue weighted by Crippen LogP contribution is -2.36. The van der Waals surface area contributed by atoms with Crippen molar-refractivity contribution in [1.29, 1.82) is 0 Å². The second-order valence-corrected chi connectivity index (χ2v) is 5.00. The van der Waals surface area contributed by atoms with Crippen LogP contribution < -0.4 is 10.1 Å². The van der Waals surface area contributed by atoms with Gasteiger partial charge in [0.15, 0.2) is 0 Å². The van der Waals surface area contributed by atoms with E-state index >= 15 is 0 Å². The summed E-state index contributed by atoms with van der Waals surface area (Å²) in [5.74, 6) is 0.951. The third-order valence-corrected chi connectivity index (χ3v) is 3.60. The van der Waals surface area contributed by atoms with Gasteiger partial charge in [0, 0.05) is 19.1 Å². The second kappa shape index (κ2) is 6.76. The standard InChI is InChI=1S/C15H24N2O/c1-3-14-12-17(9-5-8-16-14)11-13-6-4-7-15(10-13)18-2/h4,6-7,10,14,16H,3,5,8-9,11-12H2,1-2H3. The van der Waals surface area contributed by atoms with E-state index in [2.05, 4.69) is 35.3 Å². The lowest BCUT2D eigenvalue weighted by Gasteiger charge is -2.23. The molecule has 1 heterocycles. The van der Waals surface area contributed by atoms with E-state index in [0.29, 0.717) is 6.04 Å². The molecule has 2 rings (SSSR count). The average Bonchev–Trinajstić information content (AvgIpc) is 2.64. The van der Waals surface area contributed by atoms with E-state index in [1.54, 1.807) is 7.11 Å². The number of hydrogen-bond donors (Lipinski definition) is 1. The number of ether oxygens (including phenoxy) is 1. The van der Waals surface area contributed by atoms with Gasteiger partial charge < -0.3 is 10.1 Å². The Labute approximate surface area is 110 Å². The smallest absolute Gasteiger partial charge is 0.119 e. The fourth-order valence-electron chi connectivity index (χ4n) is 2.52. The largest absolute Gasteiger partial charge is 0.497 e. The maximum atomic E-state index is 5.28. The van der Waals surface area contributed by atoms with Crippen LogP contribution >= 0.6 is 0 Å². The first-order chi connectivity index (χ1) is 8.81. The molecule has 0 spiro atoms. The van der Waals surface area contributed by atoms with E-state index in [1.165, 1.54) is 24.9 Å². The summed E-state index contributed by atoms with van der Waals surface area (Å²) in [5, 5.41) is 3.60. The Morgan fingerprint density at radius 1 is 1.44 bits per heavy atom. The summed E-state index contributed by atoms with van der Waals surface area (Å²) in [6.45, 7) is 6.75. The normalized spacial score (nSPS) is 21.6. The molecule has 1 aliphatic rings. The molecule has 3 nitrogen and oxygen atoms in total. The average molecular weight is 248 g/mol. The van der Waals surface area contributed by atoms with Crippen molar-refractivity contribution >= 4 is 0 Å². The van der Waals surface area contributed by atoms with Crippen LogP contribution in [-0.4, -0.2) is 37.7 Å². The van der Waals surface area contributed by atoms with Gasteiger partial charge >= 0.3 is 0 Å². The highest BCUT2D eigenvalue weighted by Crippen LogP contribution is 2.15. The van der Waals surface area contributed by atoms with E-state index in [0.717, 1.165) is 25.4 Å². The molecule has 1 aromatic rings. The number of hydrogen-bond acceptors (Lipinski definition) is 3. The van der Waals surface area contributed by atoms with Gasteiger partial charge in [-0.05, 0) is 43.6 Å². The van der Waals surface area contributed by atoms with Crippen molar-refractivity contribution in [2.45, 2.75) is 32.4 Å². The molecule has 100 valence electrons. The SMILES string of the molecule is CCC1CN(Cc2cccc(OC)c2)CCCN1. The molecule has 0 radical (unpaired) electrons. The molecule has 1 atom stereocenters. The van der Waals surface area contributed by atoms with Gasteiger partial charge in [-0.3, -0.25) is 4.90 Å². The molecule has 1 N–H and O–H groups in total. The molecule has 0 aromatic heterocycles. The van der Waals surface area contributed by atoms with Crippen LogP contribution in [0.25, 0.3) is 0 Å². The van der Waals surface area contributed by atoms with E-state index in [4.69, 9.17) is 4.74 Å². The van der Waals surface area contributed by atoms with E-state index < -0.39 is 0 Å². The molecule has 1 saturated heterocycles. The summed E-state index contributed by atoms with van der Waals surface area (Å²) >= 11 is 0. The highest BCUT2D eigenvalue weighted by molar-refractivity contribution is 5.28. The lowest BCUT2D eigenvalue weighted by molar-refractivity contribution is 0.257. The van der Waals surface area contributed by atoms with Crippen LogP contribution in [0.1, 0.15) is 25.3 Å². The van der Waals surface area contributed by atoms with Crippen LogP contribution in [-0.2, 0) is 6.54 Å². The third kappa shape index (κ3) is 3.72. The number of nitrogens with zero attached hydrogens (tertiary/aromatic N) is 1. The fraction of sp³-hybridized carbons (Fsp3) is 0.600. The minimum Gasteiger partial charge on any atom is -0.497 e. The molecule has 18 heavy (non-hydrogen) atoms. The van der Waals surface area contributed by atoms with E-state index in [-0.39, 0.29) is 0 Å². The molecule has 0 aliphatic carbocycles. The van der Waals surface area contributed by atoms with Crippen molar-refractivity contribution in [3.8, 4) is 5.75 Å². The molecule has 3 heteroatoms. The molecule has 1 aromatic carbocycles. The number of benzene rings is 1. The van der Waals surface area contributed by atoms with Crippen LogP contribution in [0.15, 0.2) is 24.3 Å². The highest BCUT2D eigenvalue weighted by atomic mass is 16.5. The first-order valence-corrected chi connectivity index (χ1v) is 6.90. The van der Waals surface area contributed by atoms with Crippen molar-refractivity contribution in [3.05, 3.63) is 29.8 Å². The van der Waals surface area contributed by atoms with E-state index in [9.17, 15) is 0 Å². The van der Waals surface area contributed by atoms with Crippen LogP contribution in [0.4, 0.5) is 0 Å². The minimum absolute atomic E-state index is 0.637. The van der Waals surface area contributed by atoms with Gasteiger partial charge in [0.1, 0.15) is 5.75 Å². The highest BCUT2D eigenvalue weighted by Gasteiger charge is 2.16. The molecule has 1 fully saturated rings. The molecule has 1 aliphatic heterocycles.